The fraction of sp³-hybridized carbons (Fsp3) is 0.200. The number of para-hydroxylation sites is 1. The number of hydrogen-bond donors (Lipinski definition) is 2. The lowest BCUT2D eigenvalue weighted by Crippen LogP contribution is -2.02. The van der Waals surface area contributed by atoms with Gasteiger partial charge in [0.05, 0.1) is 28.1 Å². The molecule has 6 heteroatoms. The number of rotatable bonds is 5. The molecule has 0 saturated heterocycles. The summed E-state index contributed by atoms with van der Waals surface area (Å²) in [4.78, 5) is 0. The molecule has 0 bridgehead atoms. The molecule has 0 amide bonds. The molecule has 0 unspecified atom stereocenters. The van der Waals surface area contributed by atoms with Crippen molar-refractivity contribution in [2.24, 2.45) is 0 Å². The van der Waals surface area contributed by atoms with Crippen molar-refractivity contribution in [3.8, 4) is 5.69 Å². The number of aryl methyl sites for hydroxylation is 1. The second-order valence-corrected chi connectivity index (χ2v) is 5.45. The summed E-state index contributed by atoms with van der Waals surface area (Å²) in [6.45, 7) is 2.72. The fourth-order valence-electron chi connectivity index (χ4n) is 2.07. The monoisotopic (exact) mass is 345 g/mol. The van der Waals surface area contributed by atoms with Crippen LogP contribution in [0.4, 0.5) is 5.82 Å². The van der Waals surface area contributed by atoms with Crippen LogP contribution in [0.3, 0.4) is 0 Å². The highest BCUT2D eigenvalue weighted by molar-refractivity contribution is 9.10. The Morgan fingerprint density at radius 3 is 2.76 bits per heavy atom. The van der Waals surface area contributed by atoms with Crippen LogP contribution in [0.2, 0.25) is 0 Å². The first kappa shape index (κ1) is 13.9. The molecule has 3 aromatic rings. The molecule has 108 valence electrons. The van der Waals surface area contributed by atoms with E-state index in [-0.39, 0.29) is 0 Å². The van der Waals surface area contributed by atoms with E-state index in [2.05, 4.69) is 43.5 Å². The van der Waals surface area contributed by atoms with E-state index >= 15 is 0 Å². The average molecular weight is 346 g/mol. The maximum absolute atomic E-state index is 4.55. The number of aromatic nitrogens is 4. The average Bonchev–Trinajstić information content (AvgIpc) is 3.13. The normalized spacial score (nSPS) is 10.8. The molecule has 0 aliphatic carbocycles. The first-order valence-electron chi connectivity index (χ1n) is 6.84. The maximum Gasteiger partial charge on any atom is 0.162 e. The van der Waals surface area contributed by atoms with Crippen molar-refractivity contribution in [1.29, 1.82) is 0 Å². The molecule has 2 N–H and O–H groups in total. The molecular formula is C15H16BrN5. The zero-order chi connectivity index (χ0) is 14.7. The highest BCUT2D eigenvalue weighted by Crippen LogP contribution is 2.24. The number of H-pyrrole nitrogens is 1. The van der Waals surface area contributed by atoms with E-state index in [9.17, 15) is 0 Å². The van der Waals surface area contributed by atoms with Crippen LogP contribution in [0.15, 0.2) is 47.1 Å². The quantitative estimate of drug-likeness (QED) is 0.743. The Kier molecular flexibility index (Phi) is 4.06. The predicted molar refractivity (Wildman–Crippen MR) is 86.6 cm³/mol. The minimum absolute atomic E-state index is 0.631. The number of aromatic amines is 1. The SMILES string of the molecule is CCc1[nH]nc(NCc2ccn(-c3ccccc3)n2)c1Br. The lowest BCUT2D eigenvalue weighted by Gasteiger charge is -2.02. The molecule has 3 rings (SSSR count). The third kappa shape index (κ3) is 3.00. The Morgan fingerprint density at radius 1 is 1.24 bits per heavy atom. The molecule has 2 aromatic heterocycles. The topological polar surface area (TPSA) is 58.5 Å². The van der Waals surface area contributed by atoms with Gasteiger partial charge in [0.1, 0.15) is 0 Å². The Morgan fingerprint density at radius 2 is 2.05 bits per heavy atom. The van der Waals surface area contributed by atoms with E-state index in [1.807, 2.05) is 47.3 Å². The Hall–Kier alpha value is -2.08. The van der Waals surface area contributed by atoms with Gasteiger partial charge >= 0.3 is 0 Å². The van der Waals surface area contributed by atoms with Crippen LogP contribution in [0, 0.1) is 0 Å². The van der Waals surface area contributed by atoms with Gasteiger partial charge < -0.3 is 5.32 Å². The van der Waals surface area contributed by atoms with Crippen molar-refractivity contribution < 1.29 is 0 Å². The van der Waals surface area contributed by atoms with Crippen LogP contribution in [0.1, 0.15) is 18.3 Å². The summed E-state index contributed by atoms with van der Waals surface area (Å²) < 4.78 is 2.86. The van der Waals surface area contributed by atoms with Crippen LogP contribution in [-0.2, 0) is 13.0 Å². The summed E-state index contributed by atoms with van der Waals surface area (Å²) in [6.07, 6.45) is 2.88. The van der Waals surface area contributed by atoms with E-state index in [1.54, 1.807) is 0 Å². The Bertz CT molecular complexity index is 717. The zero-order valence-electron chi connectivity index (χ0n) is 11.7. The van der Waals surface area contributed by atoms with E-state index < -0.39 is 0 Å². The van der Waals surface area contributed by atoms with Gasteiger partial charge in [0, 0.05) is 6.20 Å². The minimum Gasteiger partial charge on any atom is -0.362 e. The number of anilines is 1. The second kappa shape index (κ2) is 6.13. The van der Waals surface area contributed by atoms with Gasteiger partial charge in [-0.2, -0.15) is 10.2 Å². The largest absolute Gasteiger partial charge is 0.362 e. The predicted octanol–water partition coefficient (Wildman–Crippen LogP) is 3.53. The van der Waals surface area contributed by atoms with Gasteiger partial charge in [-0.3, -0.25) is 5.10 Å². The molecule has 0 atom stereocenters. The lowest BCUT2D eigenvalue weighted by molar-refractivity contribution is 0.842. The van der Waals surface area contributed by atoms with Crippen molar-refractivity contribution in [3.05, 3.63) is 58.5 Å². The number of benzene rings is 1. The fourth-order valence-corrected chi connectivity index (χ4v) is 2.67. The number of nitrogens with zero attached hydrogens (tertiary/aromatic N) is 3. The van der Waals surface area contributed by atoms with Crippen molar-refractivity contribution >= 4 is 21.7 Å². The van der Waals surface area contributed by atoms with Gasteiger partial charge in [0.2, 0.25) is 0 Å². The summed E-state index contributed by atoms with van der Waals surface area (Å²) in [5.41, 5.74) is 3.11. The summed E-state index contributed by atoms with van der Waals surface area (Å²) in [6, 6.07) is 12.1. The highest BCUT2D eigenvalue weighted by Gasteiger charge is 2.09. The number of nitrogens with one attached hydrogen (secondary N) is 2. The third-order valence-corrected chi connectivity index (χ3v) is 4.09. The molecule has 1 aromatic carbocycles. The Labute approximate surface area is 131 Å². The van der Waals surface area contributed by atoms with Gasteiger partial charge in [-0.1, -0.05) is 25.1 Å². The molecular weight excluding hydrogens is 330 g/mol. The van der Waals surface area contributed by atoms with Crippen molar-refractivity contribution in [1.82, 2.24) is 20.0 Å². The summed E-state index contributed by atoms with van der Waals surface area (Å²) in [5, 5.41) is 15.1. The molecule has 21 heavy (non-hydrogen) atoms. The molecule has 0 spiro atoms. The standard InChI is InChI=1S/C15H16BrN5/c1-2-13-14(16)15(19-18-13)17-10-11-8-9-21(20-11)12-6-4-3-5-7-12/h3-9H,2,10H2,1H3,(H2,17,18,19). The minimum atomic E-state index is 0.631. The lowest BCUT2D eigenvalue weighted by atomic mass is 10.3. The smallest absolute Gasteiger partial charge is 0.162 e. The Balaban J connectivity index is 1.69. The van der Waals surface area contributed by atoms with E-state index in [1.165, 1.54) is 0 Å². The van der Waals surface area contributed by atoms with E-state index in [4.69, 9.17) is 0 Å². The highest BCUT2D eigenvalue weighted by atomic mass is 79.9. The molecule has 0 radical (unpaired) electrons. The molecule has 0 aliphatic rings. The van der Waals surface area contributed by atoms with Crippen molar-refractivity contribution in [2.45, 2.75) is 19.9 Å². The van der Waals surface area contributed by atoms with Crippen molar-refractivity contribution in [3.63, 3.8) is 0 Å². The van der Waals surface area contributed by atoms with Crippen LogP contribution in [0.5, 0.6) is 0 Å². The van der Waals surface area contributed by atoms with Crippen LogP contribution >= 0.6 is 15.9 Å². The molecule has 2 heterocycles. The van der Waals surface area contributed by atoms with Crippen LogP contribution < -0.4 is 5.32 Å². The summed E-state index contributed by atoms with van der Waals surface area (Å²) in [7, 11) is 0. The molecule has 0 aliphatic heterocycles. The van der Waals surface area contributed by atoms with E-state index in [0.29, 0.717) is 6.54 Å². The van der Waals surface area contributed by atoms with Gasteiger partial charge in [0.25, 0.3) is 0 Å². The molecule has 5 nitrogen and oxygen atoms in total. The van der Waals surface area contributed by atoms with E-state index in [0.717, 1.165) is 33.8 Å². The van der Waals surface area contributed by atoms with Gasteiger partial charge in [-0.25, -0.2) is 4.68 Å². The number of halogens is 1. The third-order valence-electron chi connectivity index (χ3n) is 3.23. The van der Waals surface area contributed by atoms with Gasteiger partial charge in [-0.15, -0.1) is 0 Å². The summed E-state index contributed by atoms with van der Waals surface area (Å²) >= 11 is 3.55. The van der Waals surface area contributed by atoms with Crippen LogP contribution in [0.25, 0.3) is 5.69 Å². The second-order valence-electron chi connectivity index (χ2n) is 4.66. The maximum atomic E-state index is 4.55. The van der Waals surface area contributed by atoms with Crippen LogP contribution in [-0.4, -0.2) is 20.0 Å². The first-order valence-corrected chi connectivity index (χ1v) is 7.64. The first-order chi connectivity index (χ1) is 10.3. The van der Waals surface area contributed by atoms with Gasteiger partial charge in [0.15, 0.2) is 5.82 Å². The number of hydrogen-bond acceptors (Lipinski definition) is 3. The van der Waals surface area contributed by atoms with Crippen molar-refractivity contribution in [2.75, 3.05) is 5.32 Å². The molecule has 0 fully saturated rings. The van der Waals surface area contributed by atoms with Gasteiger partial charge in [-0.05, 0) is 40.5 Å². The molecule has 0 saturated carbocycles. The summed E-state index contributed by atoms with van der Waals surface area (Å²) in [5.74, 6) is 0.820. The zero-order valence-corrected chi connectivity index (χ0v) is 13.3.